The largest absolute Gasteiger partial charge is 0.497 e. The highest BCUT2D eigenvalue weighted by atomic mass is 31.1. The summed E-state index contributed by atoms with van der Waals surface area (Å²) in [5.74, 6) is 33.6. The molecule has 0 amide bonds. The third kappa shape index (κ3) is 13.3. The molecule has 0 aliphatic heterocycles. The van der Waals surface area contributed by atoms with Gasteiger partial charge in [0.2, 0.25) is 0 Å². The normalized spacial score (nSPS) is 9.94. The molecule has 332 valence electrons. The fourth-order valence-electron chi connectivity index (χ4n) is 7.40. The van der Waals surface area contributed by atoms with Gasteiger partial charge in [0.25, 0.3) is 0 Å². The van der Waals surface area contributed by atoms with Crippen LogP contribution in [0.5, 0.6) is 17.2 Å². The van der Waals surface area contributed by atoms with Gasteiger partial charge in [0, 0.05) is 50.1 Å². The Morgan fingerprint density at radius 1 is 0.299 bits per heavy atom. The lowest BCUT2D eigenvalue weighted by atomic mass is 9.96. The van der Waals surface area contributed by atoms with E-state index >= 15 is 0 Å². The topological polar surface area (TPSA) is 27.7 Å². The second-order valence-corrected chi connectivity index (χ2v) is 16.9. The minimum atomic E-state index is -1.37. The Kier molecular flexibility index (Phi) is 18.0. The average Bonchev–Trinajstić information content (AvgIpc) is 3.38. The predicted octanol–water partition coefficient (Wildman–Crippen LogP) is 13.1. The number of rotatable bonds is 9. The molecule has 3 nitrogen and oxygen atoms in total. The van der Waals surface area contributed by atoms with E-state index in [-0.39, 0.29) is 0 Å². The Bertz CT molecular complexity index is 2760. The molecule has 0 heterocycles. The molecule has 0 unspecified atom stereocenters. The molecule has 0 aromatic heterocycles. The SMILES string of the molecule is CCc1cc(C#CP(C#Cc2cc(CC)c(C#Cc3ccc(OC)cc3)cc2CC)C#Cc2cc(CC)c(C#Cc3ccc(OC)cc3)cc2CC)c(CC)cc1C#Cc1ccc(OC)cc1. The second kappa shape index (κ2) is 24.7. The van der Waals surface area contributed by atoms with Gasteiger partial charge in [-0.05, 0) is 198 Å². The van der Waals surface area contributed by atoms with Gasteiger partial charge in [0.1, 0.15) is 25.2 Å². The van der Waals surface area contributed by atoms with Crippen molar-refractivity contribution in [2.75, 3.05) is 21.3 Å². The molecule has 0 fully saturated rings. The van der Waals surface area contributed by atoms with Crippen LogP contribution in [0.1, 0.15) is 125 Å². The van der Waals surface area contributed by atoms with Gasteiger partial charge in [-0.15, -0.1) is 0 Å². The fourth-order valence-corrected chi connectivity index (χ4v) is 8.26. The highest BCUT2D eigenvalue weighted by molar-refractivity contribution is 7.72. The first-order chi connectivity index (χ1) is 32.7. The van der Waals surface area contributed by atoms with Crippen LogP contribution in [0.4, 0.5) is 0 Å². The molecule has 6 rings (SSSR count). The van der Waals surface area contributed by atoms with E-state index in [1.54, 1.807) is 21.3 Å². The van der Waals surface area contributed by atoms with Crippen LogP contribution in [0.2, 0.25) is 0 Å². The molecule has 6 aromatic rings. The molecule has 0 bridgehead atoms. The number of benzene rings is 6. The number of hydrogen-bond donors (Lipinski definition) is 0. The van der Waals surface area contributed by atoms with Crippen LogP contribution < -0.4 is 14.2 Å². The Morgan fingerprint density at radius 3 is 0.701 bits per heavy atom. The zero-order chi connectivity index (χ0) is 47.5. The first-order valence-electron chi connectivity index (χ1n) is 23.1. The van der Waals surface area contributed by atoms with Crippen LogP contribution in [-0.4, -0.2) is 21.3 Å². The molecular weight excluding hydrogens is 836 g/mol. The number of methoxy groups -OCH3 is 3. The van der Waals surface area contributed by atoms with Crippen LogP contribution in [0, 0.1) is 70.3 Å². The first kappa shape index (κ1) is 49.0. The van der Waals surface area contributed by atoms with E-state index in [1.165, 1.54) is 0 Å². The molecule has 6 aromatic carbocycles. The van der Waals surface area contributed by atoms with Gasteiger partial charge in [-0.25, -0.2) is 0 Å². The highest BCUT2D eigenvalue weighted by Crippen LogP contribution is 2.33. The van der Waals surface area contributed by atoms with Crippen LogP contribution in [-0.2, 0) is 38.5 Å². The Labute approximate surface area is 401 Å². The molecule has 0 saturated heterocycles. The lowest BCUT2D eigenvalue weighted by Crippen LogP contribution is -1.96. The van der Waals surface area contributed by atoms with Gasteiger partial charge in [0.15, 0.2) is 0 Å². The van der Waals surface area contributed by atoms with Crippen LogP contribution in [0.15, 0.2) is 109 Å². The van der Waals surface area contributed by atoms with Crippen molar-refractivity contribution < 1.29 is 14.2 Å². The lowest BCUT2D eigenvalue weighted by molar-refractivity contribution is 0.414. The summed E-state index contributed by atoms with van der Waals surface area (Å²) in [7, 11) is 3.64. The van der Waals surface area contributed by atoms with E-state index < -0.39 is 7.92 Å². The standard InChI is InChI=1S/C63H57O3P/c1-10-49-43-58(52(13-4)40-55(49)25-16-46-19-28-61(64-7)29-20-46)34-37-67(38-35-59-44-50(11-2)56(41-53(59)14-5)26-17-47-21-30-62(65-8)31-22-47)39-36-60-45-51(12-3)57(42-54(60)15-6)27-18-48-23-32-63(66-9)33-24-48/h19-24,28-33,40-45H,10-15H2,1-9H3. The van der Waals surface area contributed by atoms with Crippen molar-refractivity contribution in [2.24, 2.45) is 0 Å². The summed E-state index contributed by atoms with van der Waals surface area (Å²) in [6.07, 6.45) is 4.96. The summed E-state index contributed by atoms with van der Waals surface area (Å²) in [5.41, 5.74) is 26.6. The summed E-state index contributed by atoms with van der Waals surface area (Å²) in [6.45, 7) is 13.0. The summed E-state index contributed by atoms with van der Waals surface area (Å²) in [6, 6.07) is 36.8. The molecule has 0 aliphatic carbocycles. The van der Waals surface area contributed by atoms with Crippen molar-refractivity contribution >= 4 is 7.92 Å². The minimum Gasteiger partial charge on any atom is -0.497 e. The van der Waals surface area contributed by atoms with Crippen LogP contribution >= 0.6 is 7.92 Å². The summed E-state index contributed by atoms with van der Waals surface area (Å²) >= 11 is 0. The zero-order valence-corrected chi connectivity index (χ0v) is 41.2. The quantitative estimate of drug-likeness (QED) is 0.107. The maximum atomic E-state index is 5.34. The molecule has 67 heavy (non-hydrogen) atoms. The molecule has 0 atom stereocenters. The van der Waals surface area contributed by atoms with Gasteiger partial charge in [0.05, 0.1) is 21.3 Å². The van der Waals surface area contributed by atoms with Crippen molar-refractivity contribution in [1.29, 1.82) is 0 Å². The minimum absolute atomic E-state index is 0.812. The van der Waals surface area contributed by atoms with Gasteiger partial charge < -0.3 is 14.2 Å². The zero-order valence-electron chi connectivity index (χ0n) is 40.3. The predicted molar refractivity (Wildman–Crippen MR) is 280 cm³/mol. The molecule has 0 N–H and O–H groups in total. The van der Waals surface area contributed by atoms with Crippen LogP contribution in [0.3, 0.4) is 0 Å². The van der Waals surface area contributed by atoms with Crippen molar-refractivity contribution in [3.05, 3.63) is 193 Å². The van der Waals surface area contributed by atoms with Crippen molar-refractivity contribution in [2.45, 2.75) is 80.1 Å². The third-order valence-electron chi connectivity index (χ3n) is 11.5. The maximum Gasteiger partial charge on any atom is 0.128 e. The van der Waals surface area contributed by atoms with Crippen molar-refractivity contribution in [3.63, 3.8) is 0 Å². The second-order valence-electron chi connectivity index (χ2n) is 15.6. The monoisotopic (exact) mass is 892 g/mol. The van der Waals surface area contributed by atoms with E-state index in [0.29, 0.717) is 0 Å². The number of hydrogen-bond acceptors (Lipinski definition) is 3. The van der Waals surface area contributed by atoms with Gasteiger partial charge in [-0.1, -0.05) is 94.8 Å². The van der Waals surface area contributed by atoms with E-state index in [2.05, 4.69) is 148 Å². The first-order valence-corrected chi connectivity index (χ1v) is 24.4. The van der Waals surface area contributed by atoms with E-state index in [9.17, 15) is 0 Å². The number of aryl methyl sites for hydroxylation is 6. The maximum absolute atomic E-state index is 5.34. The summed E-state index contributed by atoms with van der Waals surface area (Å²) in [5, 5.41) is 0. The Hall–Kier alpha value is -7.49. The average molecular weight is 893 g/mol. The Morgan fingerprint density at radius 2 is 0.507 bits per heavy atom. The van der Waals surface area contributed by atoms with Gasteiger partial charge in [-0.3, -0.25) is 0 Å². The number of ether oxygens (including phenoxy) is 3. The van der Waals surface area contributed by atoms with Crippen LogP contribution in [0.25, 0.3) is 0 Å². The molecule has 4 heteroatoms. The molecule has 0 radical (unpaired) electrons. The fraction of sp³-hybridized carbons (Fsp3) is 0.238. The van der Waals surface area contributed by atoms with Crippen molar-refractivity contribution in [1.82, 2.24) is 0 Å². The smallest absolute Gasteiger partial charge is 0.128 e. The molecule has 0 aliphatic rings. The van der Waals surface area contributed by atoms with E-state index in [1.807, 2.05) is 72.8 Å². The molecule has 0 spiro atoms. The third-order valence-corrected chi connectivity index (χ3v) is 12.5. The van der Waals surface area contributed by atoms with Gasteiger partial charge >= 0.3 is 0 Å². The summed E-state index contributed by atoms with van der Waals surface area (Å²) < 4.78 is 16.0. The van der Waals surface area contributed by atoms with Crippen molar-refractivity contribution in [3.8, 4) is 87.5 Å². The lowest BCUT2D eigenvalue weighted by Gasteiger charge is -2.09. The van der Waals surface area contributed by atoms with E-state index in [0.717, 1.165) is 139 Å². The molecular formula is C63H57O3P. The highest BCUT2D eigenvalue weighted by Gasteiger charge is 2.10. The Balaban J connectivity index is 1.42. The summed E-state index contributed by atoms with van der Waals surface area (Å²) in [4.78, 5) is 0. The molecule has 0 saturated carbocycles. The van der Waals surface area contributed by atoms with E-state index in [4.69, 9.17) is 14.2 Å². The van der Waals surface area contributed by atoms with Gasteiger partial charge in [-0.2, -0.15) is 0 Å².